The Labute approximate surface area is 105 Å². The van der Waals surface area contributed by atoms with Gasteiger partial charge in [-0.25, -0.2) is 4.79 Å². The molecular weight excluding hydrogens is 216 g/mol. The molecule has 0 rings (SSSR count). The van der Waals surface area contributed by atoms with Gasteiger partial charge in [-0.15, -0.1) is 0 Å². The number of aliphatic hydroxyl groups excluding tert-OH is 1. The Morgan fingerprint density at radius 1 is 1.29 bits per heavy atom. The number of amides is 2. The number of nitrogens with one attached hydrogen (secondary N) is 1. The summed E-state index contributed by atoms with van der Waals surface area (Å²) < 4.78 is 0. The highest BCUT2D eigenvalue weighted by Crippen LogP contribution is 2.14. The van der Waals surface area contributed by atoms with Crippen LogP contribution in [0.3, 0.4) is 0 Å². The van der Waals surface area contributed by atoms with Crippen LogP contribution in [0.15, 0.2) is 0 Å². The number of hydrogen-bond acceptors (Lipinski definition) is 2. The van der Waals surface area contributed by atoms with Crippen LogP contribution >= 0.6 is 0 Å². The maximum Gasteiger partial charge on any atom is 0.317 e. The summed E-state index contributed by atoms with van der Waals surface area (Å²) in [6, 6.07) is 0.170. The summed E-state index contributed by atoms with van der Waals surface area (Å²) in [5.74, 6) is 0.954. The average molecular weight is 244 g/mol. The van der Waals surface area contributed by atoms with Gasteiger partial charge in [-0.05, 0) is 38.5 Å². The standard InChI is InChI=1S/C13H28N2O2/c1-10(2)8-12(6-7-16)9-14-13(17)15(5)11(3)4/h10-12,16H,6-9H2,1-5H3,(H,14,17). The third-order valence-electron chi connectivity index (χ3n) is 2.98. The number of aliphatic hydroxyl groups is 1. The van der Waals surface area contributed by atoms with Crippen molar-refractivity contribution in [3.63, 3.8) is 0 Å². The molecule has 0 saturated carbocycles. The Hall–Kier alpha value is -0.770. The predicted molar refractivity (Wildman–Crippen MR) is 70.9 cm³/mol. The van der Waals surface area contributed by atoms with Gasteiger partial charge in [-0.1, -0.05) is 13.8 Å². The molecule has 2 N–H and O–H groups in total. The zero-order valence-corrected chi connectivity index (χ0v) is 11.9. The van der Waals surface area contributed by atoms with Crippen molar-refractivity contribution in [3.05, 3.63) is 0 Å². The number of urea groups is 1. The van der Waals surface area contributed by atoms with Crippen LogP contribution in [0, 0.1) is 11.8 Å². The van der Waals surface area contributed by atoms with E-state index in [0.717, 1.165) is 12.8 Å². The minimum atomic E-state index is -0.0355. The molecule has 0 aliphatic rings. The summed E-state index contributed by atoms with van der Waals surface area (Å²) >= 11 is 0. The summed E-state index contributed by atoms with van der Waals surface area (Å²) in [7, 11) is 1.80. The van der Waals surface area contributed by atoms with E-state index in [1.165, 1.54) is 0 Å². The smallest absolute Gasteiger partial charge is 0.317 e. The number of rotatable bonds is 7. The first-order valence-electron chi connectivity index (χ1n) is 6.50. The first kappa shape index (κ1) is 16.2. The molecule has 0 spiro atoms. The molecule has 17 heavy (non-hydrogen) atoms. The van der Waals surface area contributed by atoms with E-state index in [0.29, 0.717) is 18.4 Å². The Balaban J connectivity index is 4.07. The molecule has 0 radical (unpaired) electrons. The Bertz CT molecular complexity index is 217. The van der Waals surface area contributed by atoms with Gasteiger partial charge < -0.3 is 15.3 Å². The first-order valence-corrected chi connectivity index (χ1v) is 6.50. The van der Waals surface area contributed by atoms with Gasteiger partial charge in [0.1, 0.15) is 0 Å². The number of nitrogens with zero attached hydrogens (tertiary/aromatic N) is 1. The SMILES string of the molecule is CC(C)CC(CCO)CNC(=O)N(C)C(C)C. The van der Waals surface area contributed by atoms with Crippen molar-refractivity contribution in [3.8, 4) is 0 Å². The van der Waals surface area contributed by atoms with E-state index >= 15 is 0 Å². The molecular formula is C13H28N2O2. The number of carbonyl (C=O) groups excluding carboxylic acids is 1. The monoisotopic (exact) mass is 244 g/mol. The van der Waals surface area contributed by atoms with Crippen molar-refractivity contribution >= 4 is 6.03 Å². The van der Waals surface area contributed by atoms with Crippen molar-refractivity contribution in [2.24, 2.45) is 11.8 Å². The molecule has 0 aliphatic carbocycles. The van der Waals surface area contributed by atoms with E-state index in [2.05, 4.69) is 19.2 Å². The van der Waals surface area contributed by atoms with Crippen molar-refractivity contribution in [1.82, 2.24) is 10.2 Å². The van der Waals surface area contributed by atoms with Gasteiger partial charge in [0.15, 0.2) is 0 Å². The van der Waals surface area contributed by atoms with E-state index in [4.69, 9.17) is 5.11 Å². The van der Waals surface area contributed by atoms with Crippen LogP contribution in [-0.4, -0.2) is 42.3 Å². The van der Waals surface area contributed by atoms with Crippen LogP contribution in [0.25, 0.3) is 0 Å². The number of carbonyl (C=O) groups is 1. The molecule has 0 heterocycles. The lowest BCUT2D eigenvalue weighted by molar-refractivity contribution is 0.190. The highest BCUT2D eigenvalue weighted by Gasteiger charge is 2.15. The Kier molecular flexibility index (Phi) is 7.96. The molecule has 1 unspecified atom stereocenters. The van der Waals surface area contributed by atoms with Crippen LogP contribution in [0.4, 0.5) is 4.79 Å². The maximum absolute atomic E-state index is 11.7. The van der Waals surface area contributed by atoms with Crippen molar-refractivity contribution < 1.29 is 9.90 Å². The van der Waals surface area contributed by atoms with E-state index in [-0.39, 0.29) is 18.7 Å². The normalized spacial score (nSPS) is 12.9. The highest BCUT2D eigenvalue weighted by molar-refractivity contribution is 5.74. The zero-order valence-electron chi connectivity index (χ0n) is 11.9. The summed E-state index contributed by atoms with van der Waals surface area (Å²) in [6.45, 7) is 9.12. The lowest BCUT2D eigenvalue weighted by Crippen LogP contribution is -2.43. The Morgan fingerprint density at radius 2 is 1.88 bits per heavy atom. The molecule has 0 saturated heterocycles. The zero-order chi connectivity index (χ0) is 13.4. The van der Waals surface area contributed by atoms with Crippen molar-refractivity contribution in [2.75, 3.05) is 20.2 Å². The average Bonchev–Trinajstić information content (AvgIpc) is 2.23. The van der Waals surface area contributed by atoms with Crippen LogP contribution in [0.1, 0.15) is 40.5 Å². The van der Waals surface area contributed by atoms with Gasteiger partial charge in [0, 0.05) is 26.2 Å². The maximum atomic E-state index is 11.7. The van der Waals surface area contributed by atoms with E-state index < -0.39 is 0 Å². The van der Waals surface area contributed by atoms with Gasteiger partial charge in [0.25, 0.3) is 0 Å². The minimum Gasteiger partial charge on any atom is -0.396 e. The van der Waals surface area contributed by atoms with Crippen LogP contribution in [-0.2, 0) is 0 Å². The fourth-order valence-electron chi connectivity index (χ4n) is 1.74. The quantitative estimate of drug-likeness (QED) is 0.720. The molecule has 0 aromatic rings. The van der Waals surface area contributed by atoms with Gasteiger partial charge >= 0.3 is 6.03 Å². The molecule has 0 bridgehead atoms. The van der Waals surface area contributed by atoms with E-state index in [9.17, 15) is 4.79 Å². The summed E-state index contributed by atoms with van der Waals surface area (Å²) in [5.41, 5.74) is 0. The lowest BCUT2D eigenvalue weighted by Gasteiger charge is -2.24. The molecule has 0 aromatic carbocycles. The fourth-order valence-corrected chi connectivity index (χ4v) is 1.74. The van der Waals surface area contributed by atoms with E-state index in [1.54, 1.807) is 11.9 Å². The van der Waals surface area contributed by atoms with Gasteiger partial charge in [0.05, 0.1) is 0 Å². The van der Waals surface area contributed by atoms with Crippen LogP contribution < -0.4 is 5.32 Å². The summed E-state index contributed by atoms with van der Waals surface area (Å²) in [6.07, 6.45) is 1.79. The van der Waals surface area contributed by atoms with Crippen LogP contribution in [0.2, 0.25) is 0 Å². The second-order valence-corrected chi connectivity index (χ2v) is 5.40. The minimum absolute atomic E-state index is 0.0355. The molecule has 0 aliphatic heterocycles. The third kappa shape index (κ3) is 7.21. The molecule has 2 amide bonds. The second-order valence-electron chi connectivity index (χ2n) is 5.40. The summed E-state index contributed by atoms with van der Waals surface area (Å²) in [5, 5.41) is 11.9. The predicted octanol–water partition coefficient (Wildman–Crippen LogP) is 2.08. The third-order valence-corrected chi connectivity index (χ3v) is 2.98. The fraction of sp³-hybridized carbons (Fsp3) is 0.923. The topological polar surface area (TPSA) is 52.6 Å². The molecule has 0 fully saturated rings. The largest absolute Gasteiger partial charge is 0.396 e. The van der Waals surface area contributed by atoms with Crippen molar-refractivity contribution in [2.45, 2.75) is 46.6 Å². The molecule has 0 aromatic heterocycles. The molecule has 4 heteroatoms. The Morgan fingerprint density at radius 3 is 2.29 bits per heavy atom. The van der Waals surface area contributed by atoms with Gasteiger partial charge in [-0.2, -0.15) is 0 Å². The lowest BCUT2D eigenvalue weighted by atomic mass is 9.94. The molecule has 1 atom stereocenters. The van der Waals surface area contributed by atoms with Crippen molar-refractivity contribution in [1.29, 1.82) is 0 Å². The molecule has 4 nitrogen and oxygen atoms in total. The highest BCUT2D eigenvalue weighted by atomic mass is 16.3. The number of hydrogen-bond donors (Lipinski definition) is 2. The summed E-state index contributed by atoms with van der Waals surface area (Å²) in [4.78, 5) is 13.4. The van der Waals surface area contributed by atoms with Crippen LogP contribution in [0.5, 0.6) is 0 Å². The van der Waals surface area contributed by atoms with Gasteiger partial charge in [-0.3, -0.25) is 0 Å². The van der Waals surface area contributed by atoms with Gasteiger partial charge in [0.2, 0.25) is 0 Å². The molecule has 102 valence electrons. The first-order chi connectivity index (χ1) is 7.88. The second kappa shape index (κ2) is 8.34. The van der Waals surface area contributed by atoms with E-state index in [1.807, 2.05) is 13.8 Å².